The minimum Gasteiger partial charge on any atom is -0.497 e. The molecule has 0 spiro atoms. The lowest BCUT2D eigenvalue weighted by Crippen LogP contribution is -2.44. The van der Waals surface area contributed by atoms with Crippen molar-refractivity contribution in [2.75, 3.05) is 19.1 Å². The van der Waals surface area contributed by atoms with Gasteiger partial charge in [-0.2, -0.15) is 0 Å². The molecule has 0 radical (unpaired) electrons. The predicted molar refractivity (Wildman–Crippen MR) is 68.1 cm³/mol. The third-order valence-corrected chi connectivity index (χ3v) is 4.52. The largest absolute Gasteiger partial charge is 0.497 e. The number of methoxy groups -OCH3 is 1. The van der Waals surface area contributed by atoms with Crippen LogP contribution in [0.1, 0.15) is 6.92 Å². The van der Waals surface area contributed by atoms with Gasteiger partial charge in [0.1, 0.15) is 11.0 Å². The molecule has 0 bridgehead atoms. The summed E-state index contributed by atoms with van der Waals surface area (Å²) in [6, 6.07) is 5.72. The van der Waals surface area contributed by atoms with E-state index in [-0.39, 0.29) is 6.04 Å². The van der Waals surface area contributed by atoms with Gasteiger partial charge in [-0.05, 0) is 25.1 Å². The number of nitrogens with zero attached hydrogens (tertiary/aromatic N) is 1. The monoisotopic (exact) mass is 253 g/mol. The fourth-order valence-electron chi connectivity index (χ4n) is 1.92. The Morgan fingerprint density at radius 1 is 1.53 bits per heavy atom. The second kappa shape index (κ2) is 4.49. The molecule has 1 aliphatic rings. The van der Waals surface area contributed by atoms with E-state index in [4.69, 9.17) is 4.74 Å². The summed E-state index contributed by atoms with van der Waals surface area (Å²) < 4.78 is 5.16. The maximum atomic E-state index is 11.2. The van der Waals surface area contributed by atoms with Crippen LogP contribution in [0.2, 0.25) is 0 Å². The topological polar surface area (TPSA) is 49.8 Å². The van der Waals surface area contributed by atoms with Crippen molar-refractivity contribution in [1.82, 2.24) is 0 Å². The highest BCUT2D eigenvalue weighted by Gasteiger charge is 2.34. The second-order valence-corrected chi connectivity index (χ2v) is 5.25. The van der Waals surface area contributed by atoms with E-state index < -0.39 is 11.2 Å². The van der Waals surface area contributed by atoms with Crippen molar-refractivity contribution < 1.29 is 14.6 Å². The fraction of sp³-hybridized carbons (Fsp3) is 0.417. The Labute approximate surface area is 105 Å². The zero-order valence-electron chi connectivity index (χ0n) is 10.0. The minimum atomic E-state index is -0.775. The first kappa shape index (κ1) is 12.1. The molecular formula is C12H15NO3S. The molecule has 0 saturated heterocycles. The van der Waals surface area contributed by atoms with Crippen LogP contribution in [0.4, 0.5) is 5.69 Å². The van der Waals surface area contributed by atoms with E-state index in [1.807, 2.05) is 37.1 Å². The molecule has 17 heavy (non-hydrogen) atoms. The molecule has 92 valence electrons. The van der Waals surface area contributed by atoms with Crippen LogP contribution in [0, 0.1) is 0 Å². The third kappa shape index (κ3) is 2.07. The van der Waals surface area contributed by atoms with Crippen molar-refractivity contribution in [1.29, 1.82) is 0 Å². The van der Waals surface area contributed by atoms with Gasteiger partial charge in [-0.3, -0.25) is 4.79 Å². The minimum absolute atomic E-state index is 0.0293. The summed E-state index contributed by atoms with van der Waals surface area (Å²) in [7, 11) is 3.53. The molecule has 2 rings (SSSR count). The standard InChI is InChI=1S/C12H15NO3S/c1-7-11(12(14)15)17-10-6-8(16-3)4-5-9(10)13(7)2/h4-7,11H,1-3H3,(H,14,15). The summed E-state index contributed by atoms with van der Waals surface area (Å²) in [6.45, 7) is 1.93. The SMILES string of the molecule is COc1ccc2c(c1)SC(C(=O)O)C(C)N2C. The van der Waals surface area contributed by atoms with Crippen LogP contribution in [-0.2, 0) is 4.79 Å². The van der Waals surface area contributed by atoms with Gasteiger partial charge in [0, 0.05) is 18.0 Å². The van der Waals surface area contributed by atoms with Gasteiger partial charge in [0.25, 0.3) is 0 Å². The number of benzene rings is 1. The summed E-state index contributed by atoms with van der Waals surface area (Å²) in [5.41, 5.74) is 1.06. The van der Waals surface area contributed by atoms with E-state index in [9.17, 15) is 9.90 Å². The number of aliphatic carboxylic acids is 1. The summed E-state index contributed by atoms with van der Waals surface area (Å²) in [5, 5.41) is 8.75. The molecule has 0 aliphatic carbocycles. The van der Waals surface area contributed by atoms with Gasteiger partial charge in [0.05, 0.1) is 12.8 Å². The molecule has 0 amide bonds. The van der Waals surface area contributed by atoms with Crippen molar-refractivity contribution in [3.05, 3.63) is 18.2 Å². The molecule has 2 unspecified atom stereocenters. The van der Waals surface area contributed by atoms with Gasteiger partial charge in [0.2, 0.25) is 0 Å². The Hall–Kier alpha value is -1.36. The molecule has 2 atom stereocenters. The highest BCUT2D eigenvalue weighted by atomic mass is 32.2. The number of hydrogen-bond acceptors (Lipinski definition) is 4. The zero-order chi connectivity index (χ0) is 12.6. The van der Waals surface area contributed by atoms with Crippen LogP contribution >= 0.6 is 11.8 Å². The third-order valence-electron chi connectivity index (χ3n) is 3.09. The maximum Gasteiger partial charge on any atom is 0.319 e. The van der Waals surface area contributed by atoms with Crippen LogP contribution in [0.5, 0.6) is 5.75 Å². The van der Waals surface area contributed by atoms with Crippen molar-refractivity contribution in [3.8, 4) is 5.75 Å². The van der Waals surface area contributed by atoms with E-state index in [0.29, 0.717) is 0 Å². The molecule has 1 aromatic rings. The van der Waals surface area contributed by atoms with Crippen molar-refractivity contribution in [3.63, 3.8) is 0 Å². The highest BCUT2D eigenvalue weighted by Crippen LogP contribution is 2.42. The highest BCUT2D eigenvalue weighted by molar-refractivity contribution is 8.01. The average Bonchev–Trinajstić information content (AvgIpc) is 2.32. The average molecular weight is 253 g/mol. The molecule has 0 saturated carbocycles. The van der Waals surface area contributed by atoms with E-state index in [2.05, 4.69) is 0 Å². The number of carbonyl (C=O) groups is 1. The molecular weight excluding hydrogens is 238 g/mol. The predicted octanol–water partition coefficient (Wildman–Crippen LogP) is 2.08. The maximum absolute atomic E-state index is 11.2. The number of anilines is 1. The molecule has 5 heteroatoms. The van der Waals surface area contributed by atoms with Crippen molar-refractivity contribution in [2.24, 2.45) is 0 Å². The first-order chi connectivity index (χ1) is 8.04. The van der Waals surface area contributed by atoms with E-state index in [1.54, 1.807) is 7.11 Å². The molecule has 1 heterocycles. The smallest absolute Gasteiger partial charge is 0.319 e. The zero-order valence-corrected chi connectivity index (χ0v) is 10.8. The number of thioether (sulfide) groups is 1. The Kier molecular flexibility index (Phi) is 3.19. The van der Waals surface area contributed by atoms with Crippen LogP contribution < -0.4 is 9.64 Å². The van der Waals surface area contributed by atoms with Crippen LogP contribution in [0.15, 0.2) is 23.1 Å². The van der Waals surface area contributed by atoms with Crippen LogP contribution in [0.3, 0.4) is 0 Å². The lowest BCUT2D eigenvalue weighted by Gasteiger charge is -2.37. The van der Waals surface area contributed by atoms with Gasteiger partial charge in [-0.25, -0.2) is 0 Å². The van der Waals surface area contributed by atoms with Crippen LogP contribution in [0.25, 0.3) is 0 Å². The van der Waals surface area contributed by atoms with Gasteiger partial charge in [0.15, 0.2) is 0 Å². The summed E-state index contributed by atoms with van der Waals surface area (Å²) in [4.78, 5) is 14.2. The van der Waals surface area contributed by atoms with E-state index in [0.717, 1.165) is 16.3 Å². The number of carboxylic acid groups (broad SMARTS) is 1. The summed E-state index contributed by atoms with van der Waals surface area (Å²) >= 11 is 1.39. The van der Waals surface area contributed by atoms with Gasteiger partial charge in [-0.15, -0.1) is 11.8 Å². The quantitative estimate of drug-likeness (QED) is 0.874. The Balaban J connectivity index is 2.42. The van der Waals surface area contributed by atoms with Gasteiger partial charge < -0.3 is 14.7 Å². The lowest BCUT2D eigenvalue weighted by molar-refractivity contribution is -0.136. The molecule has 0 aromatic heterocycles. The first-order valence-corrected chi connectivity index (χ1v) is 6.23. The van der Waals surface area contributed by atoms with Gasteiger partial charge >= 0.3 is 5.97 Å². The molecule has 4 nitrogen and oxygen atoms in total. The van der Waals surface area contributed by atoms with Crippen LogP contribution in [-0.4, -0.2) is 36.5 Å². The molecule has 1 aromatic carbocycles. The number of hydrogen-bond donors (Lipinski definition) is 1. The number of rotatable bonds is 2. The fourth-order valence-corrected chi connectivity index (χ4v) is 3.19. The van der Waals surface area contributed by atoms with Gasteiger partial charge in [-0.1, -0.05) is 0 Å². The number of fused-ring (bicyclic) bond motifs is 1. The Bertz CT molecular complexity index is 449. The number of carboxylic acids is 1. The molecule has 0 fully saturated rings. The summed E-state index contributed by atoms with van der Waals surface area (Å²) in [6.07, 6.45) is 0. The molecule has 1 N–H and O–H groups in total. The summed E-state index contributed by atoms with van der Waals surface area (Å²) in [5.74, 6) is -0.0221. The van der Waals surface area contributed by atoms with Crippen molar-refractivity contribution in [2.45, 2.75) is 23.1 Å². The first-order valence-electron chi connectivity index (χ1n) is 5.35. The molecule has 1 aliphatic heterocycles. The number of ether oxygens (including phenoxy) is 1. The Morgan fingerprint density at radius 2 is 2.24 bits per heavy atom. The Morgan fingerprint density at radius 3 is 2.82 bits per heavy atom. The van der Waals surface area contributed by atoms with E-state index in [1.165, 1.54) is 11.8 Å². The second-order valence-electron chi connectivity index (χ2n) is 4.06. The van der Waals surface area contributed by atoms with E-state index >= 15 is 0 Å². The normalized spacial score (nSPS) is 23.1. The van der Waals surface area contributed by atoms with Crippen molar-refractivity contribution >= 4 is 23.4 Å². The lowest BCUT2D eigenvalue weighted by atomic mass is 10.1.